The number of carbonyl (C=O) groups excluding carboxylic acids is 1. The number of rotatable bonds is 3. The fraction of sp³-hybridized carbons (Fsp3) is 0.214. The number of aryl methyl sites for hydroxylation is 1. The van der Waals surface area contributed by atoms with E-state index in [4.69, 9.17) is 16.0 Å². The van der Waals surface area contributed by atoms with Gasteiger partial charge >= 0.3 is 0 Å². The summed E-state index contributed by atoms with van der Waals surface area (Å²) in [7, 11) is 3.80. The van der Waals surface area contributed by atoms with E-state index in [9.17, 15) is 4.79 Å². The quantitative estimate of drug-likeness (QED) is 0.934. The summed E-state index contributed by atoms with van der Waals surface area (Å²) in [6, 6.07) is 7.10. The summed E-state index contributed by atoms with van der Waals surface area (Å²) in [4.78, 5) is 14.0. The molecule has 4 nitrogen and oxygen atoms in total. The predicted molar refractivity (Wildman–Crippen MR) is 77.2 cm³/mol. The molecule has 0 saturated heterocycles. The smallest absolute Gasteiger partial charge is 0.291 e. The standard InChI is InChI=1S/C14H15ClN2O2/c1-9-6-7-19-13(9)14(18)16-11-8-10(15)4-5-12(11)17(2)3/h4-8H,1-3H3,(H,16,18). The minimum absolute atomic E-state index is 0.284. The third kappa shape index (κ3) is 2.90. The van der Waals surface area contributed by atoms with Crippen LogP contribution in [-0.4, -0.2) is 20.0 Å². The number of carbonyl (C=O) groups is 1. The number of halogens is 1. The molecular weight excluding hydrogens is 264 g/mol. The van der Waals surface area contributed by atoms with E-state index in [1.54, 1.807) is 18.2 Å². The van der Waals surface area contributed by atoms with Crippen LogP contribution in [0, 0.1) is 6.92 Å². The molecule has 19 heavy (non-hydrogen) atoms. The maximum atomic E-state index is 12.1. The van der Waals surface area contributed by atoms with Crippen LogP contribution >= 0.6 is 11.6 Å². The number of hydrogen-bond acceptors (Lipinski definition) is 3. The van der Waals surface area contributed by atoms with Crippen molar-refractivity contribution in [3.8, 4) is 0 Å². The summed E-state index contributed by atoms with van der Waals surface area (Å²) < 4.78 is 5.17. The van der Waals surface area contributed by atoms with E-state index < -0.39 is 0 Å². The molecule has 100 valence electrons. The molecule has 1 aromatic carbocycles. The van der Waals surface area contributed by atoms with Gasteiger partial charge in [0.15, 0.2) is 5.76 Å². The Morgan fingerprint density at radius 2 is 2.05 bits per heavy atom. The van der Waals surface area contributed by atoms with E-state index >= 15 is 0 Å². The Morgan fingerprint density at radius 3 is 2.63 bits per heavy atom. The van der Waals surface area contributed by atoms with Crippen molar-refractivity contribution in [1.29, 1.82) is 0 Å². The minimum Gasteiger partial charge on any atom is -0.459 e. The zero-order chi connectivity index (χ0) is 14.0. The van der Waals surface area contributed by atoms with Crippen LogP contribution in [0.3, 0.4) is 0 Å². The van der Waals surface area contributed by atoms with Crippen molar-refractivity contribution in [2.45, 2.75) is 6.92 Å². The summed E-state index contributed by atoms with van der Waals surface area (Å²) in [5, 5.41) is 3.38. The van der Waals surface area contributed by atoms with Gasteiger partial charge in [-0.2, -0.15) is 0 Å². The second-order valence-electron chi connectivity index (χ2n) is 4.44. The number of amides is 1. The van der Waals surface area contributed by atoms with Gasteiger partial charge in [0.25, 0.3) is 5.91 Å². The van der Waals surface area contributed by atoms with Crippen LogP contribution in [0.5, 0.6) is 0 Å². The van der Waals surface area contributed by atoms with Crippen molar-refractivity contribution in [1.82, 2.24) is 0 Å². The molecule has 0 aliphatic heterocycles. The molecule has 0 fully saturated rings. The first-order valence-corrected chi connectivity index (χ1v) is 6.19. The van der Waals surface area contributed by atoms with E-state index in [1.807, 2.05) is 32.0 Å². The Bertz CT molecular complexity index is 605. The first kappa shape index (κ1) is 13.5. The Morgan fingerprint density at radius 1 is 1.32 bits per heavy atom. The van der Waals surface area contributed by atoms with Crippen LogP contribution in [0.4, 0.5) is 11.4 Å². The third-order valence-corrected chi connectivity index (χ3v) is 2.99. The lowest BCUT2D eigenvalue weighted by molar-refractivity contribution is 0.0996. The lowest BCUT2D eigenvalue weighted by Gasteiger charge is -2.18. The largest absolute Gasteiger partial charge is 0.459 e. The van der Waals surface area contributed by atoms with Crippen LogP contribution in [-0.2, 0) is 0 Å². The van der Waals surface area contributed by atoms with E-state index in [0.717, 1.165) is 11.3 Å². The summed E-state index contributed by atoms with van der Waals surface area (Å²) in [5.41, 5.74) is 2.33. The number of benzene rings is 1. The molecule has 1 N–H and O–H groups in total. The molecule has 0 spiro atoms. The van der Waals surface area contributed by atoms with Crippen LogP contribution < -0.4 is 10.2 Å². The molecular formula is C14H15ClN2O2. The zero-order valence-electron chi connectivity index (χ0n) is 11.0. The molecule has 0 saturated carbocycles. The van der Waals surface area contributed by atoms with E-state index in [2.05, 4.69) is 5.32 Å². The van der Waals surface area contributed by atoms with Crippen molar-refractivity contribution in [2.24, 2.45) is 0 Å². The highest BCUT2D eigenvalue weighted by molar-refractivity contribution is 6.31. The summed E-state index contributed by atoms with van der Waals surface area (Å²) in [6.07, 6.45) is 1.50. The molecule has 0 aliphatic rings. The van der Waals surface area contributed by atoms with Crippen molar-refractivity contribution < 1.29 is 9.21 Å². The lowest BCUT2D eigenvalue weighted by atomic mass is 10.2. The first-order valence-electron chi connectivity index (χ1n) is 5.81. The molecule has 1 amide bonds. The van der Waals surface area contributed by atoms with Gasteiger partial charge in [-0.05, 0) is 31.2 Å². The summed E-state index contributed by atoms with van der Waals surface area (Å²) in [5.74, 6) is 0.0255. The fourth-order valence-electron chi connectivity index (χ4n) is 1.78. The van der Waals surface area contributed by atoms with Crippen LogP contribution in [0.15, 0.2) is 34.9 Å². The molecule has 5 heteroatoms. The lowest BCUT2D eigenvalue weighted by Crippen LogP contribution is -2.16. The molecule has 1 aromatic heterocycles. The van der Waals surface area contributed by atoms with Gasteiger partial charge in [-0.3, -0.25) is 4.79 Å². The molecule has 0 unspecified atom stereocenters. The van der Waals surface area contributed by atoms with Crippen LogP contribution in [0.1, 0.15) is 16.1 Å². The SMILES string of the molecule is Cc1ccoc1C(=O)Nc1cc(Cl)ccc1N(C)C. The maximum Gasteiger partial charge on any atom is 0.291 e. The Balaban J connectivity index is 2.31. The third-order valence-electron chi connectivity index (χ3n) is 2.76. The molecule has 2 rings (SSSR count). The summed E-state index contributed by atoms with van der Waals surface area (Å²) in [6.45, 7) is 1.82. The zero-order valence-corrected chi connectivity index (χ0v) is 11.8. The van der Waals surface area contributed by atoms with Gasteiger partial charge in [-0.25, -0.2) is 0 Å². The van der Waals surface area contributed by atoms with Gasteiger partial charge in [-0.1, -0.05) is 11.6 Å². The summed E-state index contributed by atoms with van der Waals surface area (Å²) >= 11 is 5.97. The van der Waals surface area contributed by atoms with Gasteiger partial charge in [0.2, 0.25) is 0 Å². The predicted octanol–water partition coefficient (Wildman–Crippen LogP) is 3.56. The Kier molecular flexibility index (Phi) is 3.81. The number of furan rings is 1. The normalized spacial score (nSPS) is 10.3. The van der Waals surface area contributed by atoms with E-state index in [-0.39, 0.29) is 5.91 Å². The van der Waals surface area contributed by atoms with Gasteiger partial charge in [0.05, 0.1) is 17.6 Å². The average molecular weight is 279 g/mol. The number of nitrogens with zero attached hydrogens (tertiary/aromatic N) is 1. The van der Waals surface area contributed by atoms with Gasteiger partial charge in [-0.15, -0.1) is 0 Å². The van der Waals surface area contributed by atoms with Crippen molar-refractivity contribution in [2.75, 3.05) is 24.3 Å². The van der Waals surface area contributed by atoms with Gasteiger partial charge in [0.1, 0.15) is 0 Å². The highest BCUT2D eigenvalue weighted by atomic mass is 35.5. The molecule has 0 aliphatic carbocycles. The second-order valence-corrected chi connectivity index (χ2v) is 4.88. The molecule has 1 heterocycles. The maximum absolute atomic E-state index is 12.1. The van der Waals surface area contributed by atoms with Crippen molar-refractivity contribution in [3.05, 3.63) is 46.9 Å². The Labute approximate surface area is 117 Å². The molecule has 0 radical (unpaired) electrons. The van der Waals surface area contributed by atoms with Crippen LogP contribution in [0.25, 0.3) is 0 Å². The molecule has 2 aromatic rings. The molecule has 0 atom stereocenters. The van der Waals surface area contributed by atoms with Crippen molar-refractivity contribution >= 4 is 28.9 Å². The molecule has 0 bridgehead atoms. The average Bonchev–Trinajstić information content (AvgIpc) is 2.75. The van der Waals surface area contributed by atoms with Gasteiger partial charge in [0, 0.05) is 24.7 Å². The minimum atomic E-state index is -0.284. The number of anilines is 2. The first-order chi connectivity index (χ1) is 8.99. The number of nitrogens with one attached hydrogen (secondary N) is 1. The van der Waals surface area contributed by atoms with Gasteiger partial charge < -0.3 is 14.6 Å². The van der Waals surface area contributed by atoms with E-state index in [0.29, 0.717) is 16.5 Å². The topological polar surface area (TPSA) is 45.5 Å². The highest BCUT2D eigenvalue weighted by Crippen LogP contribution is 2.28. The van der Waals surface area contributed by atoms with E-state index in [1.165, 1.54) is 6.26 Å². The Hall–Kier alpha value is -1.94. The fourth-order valence-corrected chi connectivity index (χ4v) is 1.95. The second kappa shape index (κ2) is 5.36. The van der Waals surface area contributed by atoms with Crippen molar-refractivity contribution in [3.63, 3.8) is 0 Å². The number of hydrogen-bond donors (Lipinski definition) is 1. The monoisotopic (exact) mass is 278 g/mol. The van der Waals surface area contributed by atoms with Crippen LogP contribution in [0.2, 0.25) is 5.02 Å². The highest BCUT2D eigenvalue weighted by Gasteiger charge is 2.15.